The normalized spacial score (nSPS) is 12.9. The Morgan fingerprint density at radius 1 is 1.21 bits per heavy atom. The Hall–Kier alpha value is -0.470. The molecular weight excluding hydrogens is 250 g/mol. The van der Waals surface area contributed by atoms with Crippen LogP contribution in [0, 0.1) is 18.8 Å². The maximum Gasteiger partial charge on any atom is 0.0208 e. The fourth-order valence-electron chi connectivity index (χ4n) is 1.81. The van der Waals surface area contributed by atoms with Crippen LogP contribution in [0.15, 0.2) is 23.1 Å². The standard InChI is InChI=1S/C17H29NS/c1-6-14(4)12-19-17-8-7-16(15(5)9-17)11-18-10-13(2)3/h7-9,13-14,18H,6,10-12H2,1-5H3. The van der Waals surface area contributed by atoms with E-state index in [0.717, 1.165) is 19.0 Å². The maximum atomic E-state index is 3.51. The van der Waals surface area contributed by atoms with Gasteiger partial charge in [-0.15, -0.1) is 11.8 Å². The van der Waals surface area contributed by atoms with Crippen molar-refractivity contribution in [2.45, 2.75) is 52.5 Å². The Morgan fingerprint density at radius 3 is 2.53 bits per heavy atom. The van der Waals surface area contributed by atoms with Gasteiger partial charge in [0.15, 0.2) is 0 Å². The highest BCUT2D eigenvalue weighted by Gasteiger charge is 2.04. The third-order valence-electron chi connectivity index (χ3n) is 3.41. The average molecular weight is 279 g/mol. The number of aryl methyl sites for hydroxylation is 1. The van der Waals surface area contributed by atoms with Crippen LogP contribution in [-0.4, -0.2) is 12.3 Å². The summed E-state index contributed by atoms with van der Waals surface area (Å²) in [7, 11) is 0. The first-order valence-corrected chi connectivity index (χ1v) is 8.44. The molecule has 0 aliphatic carbocycles. The number of rotatable bonds is 8. The molecule has 0 radical (unpaired) electrons. The SMILES string of the molecule is CCC(C)CSc1ccc(CNCC(C)C)c(C)c1. The molecular formula is C17H29NS. The van der Waals surface area contributed by atoms with E-state index in [1.807, 2.05) is 11.8 Å². The zero-order valence-corrected chi connectivity index (χ0v) is 13.9. The van der Waals surface area contributed by atoms with Gasteiger partial charge in [0.25, 0.3) is 0 Å². The third kappa shape index (κ3) is 6.49. The number of hydrogen-bond acceptors (Lipinski definition) is 2. The molecule has 0 spiro atoms. The van der Waals surface area contributed by atoms with Gasteiger partial charge in [-0.05, 0) is 48.6 Å². The molecule has 0 saturated carbocycles. The summed E-state index contributed by atoms with van der Waals surface area (Å²) >= 11 is 1.98. The zero-order chi connectivity index (χ0) is 14.3. The molecule has 1 aromatic rings. The molecule has 0 fully saturated rings. The first kappa shape index (κ1) is 16.6. The largest absolute Gasteiger partial charge is 0.312 e. The van der Waals surface area contributed by atoms with Gasteiger partial charge in [0, 0.05) is 17.2 Å². The Balaban J connectivity index is 2.49. The number of nitrogens with one attached hydrogen (secondary N) is 1. The van der Waals surface area contributed by atoms with Crippen molar-refractivity contribution < 1.29 is 0 Å². The number of hydrogen-bond donors (Lipinski definition) is 1. The summed E-state index contributed by atoms with van der Waals surface area (Å²) in [5, 5.41) is 3.51. The van der Waals surface area contributed by atoms with E-state index in [0.29, 0.717) is 5.92 Å². The summed E-state index contributed by atoms with van der Waals surface area (Å²) < 4.78 is 0. The highest BCUT2D eigenvalue weighted by atomic mass is 32.2. The predicted molar refractivity (Wildman–Crippen MR) is 87.9 cm³/mol. The minimum atomic E-state index is 0.714. The lowest BCUT2D eigenvalue weighted by Gasteiger charge is -2.12. The molecule has 0 bridgehead atoms. The summed E-state index contributed by atoms with van der Waals surface area (Å²) in [5.41, 5.74) is 2.83. The molecule has 1 unspecified atom stereocenters. The van der Waals surface area contributed by atoms with Crippen molar-refractivity contribution in [3.05, 3.63) is 29.3 Å². The van der Waals surface area contributed by atoms with Crippen LogP contribution < -0.4 is 5.32 Å². The van der Waals surface area contributed by atoms with Crippen LogP contribution in [0.1, 0.15) is 45.2 Å². The Bertz CT molecular complexity index is 374. The minimum Gasteiger partial charge on any atom is -0.312 e. The predicted octanol–water partition coefficient (Wildman–Crippen LogP) is 4.88. The molecule has 1 atom stereocenters. The van der Waals surface area contributed by atoms with E-state index in [-0.39, 0.29) is 0 Å². The van der Waals surface area contributed by atoms with E-state index in [1.165, 1.54) is 28.2 Å². The molecule has 0 saturated heterocycles. The Labute approximate surface area is 123 Å². The van der Waals surface area contributed by atoms with Gasteiger partial charge in [0.2, 0.25) is 0 Å². The highest BCUT2D eigenvalue weighted by molar-refractivity contribution is 7.99. The Morgan fingerprint density at radius 2 is 1.95 bits per heavy atom. The minimum absolute atomic E-state index is 0.714. The molecule has 0 aliphatic heterocycles. The molecule has 108 valence electrons. The van der Waals surface area contributed by atoms with Crippen LogP contribution in [0.4, 0.5) is 0 Å². The van der Waals surface area contributed by atoms with Crippen LogP contribution in [0.25, 0.3) is 0 Å². The van der Waals surface area contributed by atoms with Gasteiger partial charge in [0.1, 0.15) is 0 Å². The first-order valence-electron chi connectivity index (χ1n) is 7.46. The smallest absolute Gasteiger partial charge is 0.0208 e. The molecule has 19 heavy (non-hydrogen) atoms. The quantitative estimate of drug-likeness (QED) is 0.681. The molecule has 0 aromatic heterocycles. The lowest BCUT2D eigenvalue weighted by atomic mass is 10.1. The second-order valence-corrected chi connectivity index (χ2v) is 7.03. The molecule has 1 nitrogen and oxygen atoms in total. The van der Waals surface area contributed by atoms with Gasteiger partial charge in [-0.1, -0.05) is 40.2 Å². The fraction of sp³-hybridized carbons (Fsp3) is 0.647. The van der Waals surface area contributed by atoms with Gasteiger partial charge >= 0.3 is 0 Å². The second-order valence-electron chi connectivity index (χ2n) is 5.94. The molecule has 2 heteroatoms. The highest BCUT2D eigenvalue weighted by Crippen LogP contribution is 2.24. The van der Waals surface area contributed by atoms with Crippen molar-refractivity contribution in [2.24, 2.45) is 11.8 Å². The van der Waals surface area contributed by atoms with Crippen molar-refractivity contribution in [1.82, 2.24) is 5.32 Å². The van der Waals surface area contributed by atoms with Crippen molar-refractivity contribution in [3.63, 3.8) is 0 Å². The van der Waals surface area contributed by atoms with Crippen LogP contribution in [-0.2, 0) is 6.54 Å². The van der Waals surface area contributed by atoms with E-state index in [2.05, 4.69) is 58.1 Å². The maximum absolute atomic E-state index is 3.51. The van der Waals surface area contributed by atoms with E-state index in [9.17, 15) is 0 Å². The van der Waals surface area contributed by atoms with E-state index in [4.69, 9.17) is 0 Å². The van der Waals surface area contributed by atoms with Crippen molar-refractivity contribution >= 4 is 11.8 Å². The van der Waals surface area contributed by atoms with Crippen LogP contribution in [0.5, 0.6) is 0 Å². The van der Waals surface area contributed by atoms with E-state index < -0.39 is 0 Å². The first-order chi connectivity index (χ1) is 9.02. The van der Waals surface area contributed by atoms with Crippen molar-refractivity contribution in [2.75, 3.05) is 12.3 Å². The van der Waals surface area contributed by atoms with Gasteiger partial charge in [-0.3, -0.25) is 0 Å². The summed E-state index contributed by atoms with van der Waals surface area (Å²) in [6.07, 6.45) is 1.27. The fourth-order valence-corrected chi connectivity index (χ4v) is 2.95. The molecule has 1 rings (SSSR count). The van der Waals surface area contributed by atoms with Crippen molar-refractivity contribution in [1.29, 1.82) is 0 Å². The lowest BCUT2D eigenvalue weighted by molar-refractivity contribution is 0.551. The van der Waals surface area contributed by atoms with Gasteiger partial charge in [-0.2, -0.15) is 0 Å². The lowest BCUT2D eigenvalue weighted by Crippen LogP contribution is -2.19. The van der Waals surface area contributed by atoms with E-state index in [1.54, 1.807) is 0 Å². The zero-order valence-electron chi connectivity index (χ0n) is 13.1. The van der Waals surface area contributed by atoms with Gasteiger partial charge < -0.3 is 5.32 Å². The Kier molecular flexibility index (Phi) is 7.55. The average Bonchev–Trinajstić information content (AvgIpc) is 2.37. The molecule has 1 N–H and O–H groups in total. The molecule has 1 aromatic carbocycles. The number of thioether (sulfide) groups is 1. The van der Waals surface area contributed by atoms with E-state index >= 15 is 0 Å². The van der Waals surface area contributed by atoms with Crippen LogP contribution >= 0.6 is 11.8 Å². The molecule has 0 heterocycles. The number of benzene rings is 1. The van der Waals surface area contributed by atoms with Gasteiger partial charge in [0.05, 0.1) is 0 Å². The van der Waals surface area contributed by atoms with Crippen molar-refractivity contribution in [3.8, 4) is 0 Å². The van der Waals surface area contributed by atoms with Crippen LogP contribution in [0.3, 0.4) is 0 Å². The van der Waals surface area contributed by atoms with Gasteiger partial charge in [-0.25, -0.2) is 0 Å². The van der Waals surface area contributed by atoms with Crippen LogP contribution in [0.2, 0.25) is 0 Å². The summed E-state index contributed by atoms with van der Waals surface area (Å²) in [6.45, 7) is 13.4. The second kappa shape index (κ2) is 8.65. The summed E-state index contributed by atoms with van der Waals surface area (Å²) in [5.74, 6) is 2.74. The summed E-state index contributed by atoms with van der Waals surface area (Å²) in [6, 6.07) is 6.88. The molecule has 0 amide bonds. The monoisotopic (exact) mass is 279 g/mol. The summed E-state index contributed by atoms with van der Waals surface area (Å²) in [4.78, 5) is 1.41. The topological polar surface area (TPSA) is 12.0 Å². The third-order valence-corrected chi connectivity index (χ3v) is 4.74. The molecule has 0 aliphatic rings.